The van der Waals surface area contributed by atoms with Gasteiger partial charge in [-0.05, 0) is 49.1 Å². The molecule has 0 spiro atoms. The molecule has 0 saturated carbocycles. The summed E-state index contributed by atoms with van der Waals surface area (Å²) in [4.78, 5) is 12.8. The number of carbonyl (C=O) groups is 1. The lowest BCUT2D eigenvalue weighted by molar-refractivity contribution is -0.153. The quantitative estimate of drug-likeness (QED) is 0.273. The van der Waals surface area contributed by atoms with E-state index in [0.29, 0.717) is 26.1 Å². The van der Waals surface area contributed by atoms with Gasteiger partial charge in [0.25, 0.3) is 0 Å². The van der Waals surface area contributed by atoms with Crippen molar-refractivity contribution in [2.24, 2.45) is 5.92 Å². The molecule has 5 nitrogen and oxygen atoms in total. The summed E-state index contributed by atoms with van der Waals surface area (Å²) in [7, 11) is 3.43. The number of ether oxygens (including phenoxy) is 3. The summed E-state index contributed by atoms with van der Waals surface area (Å²) in [5.74, 6) is 0.841. The minimum atomic E-state index is -0.385. The van der Waals surface area contributed by atoms with E-state index in [0.717, 1.165) is 23.3 Å². The molecule has 0 heterocycles. The minimum Gasteiger partial charge on any atom is -0.497 e. The van der Waals surface area contributed by atoms with Gasteiger partial charge in [-0.1, -0.05) is 55.5 Å². The Morgan fingerprint density at radius 3 is 2.42 bits per heavy atom. The Bertz CT molecular complexity index is 776. The van der Waals surface area contributed by atoms with Crippen LogP contribution < -0.4 is 10.1 Å². The summed E-state index contributed by atoms with van der Waals surface area (Å²) in [6, 6.07) is 17.4. The van der Waals surface area contributed by atoms with E-state index in [1.165, 1.54) is 0 Å². The van der Waals surface area contributed by atoms with Gasteiger partial charge in [0, 0.05) is 6.42 Å². The largest absolute Gasteiger partial charge is 0.497 e. The van der Waals surface area contributed by atoms with Gasteiger partial charge in [-0.3, -0.25) is 4.79 Å². The average molecular weight is 426 g/mol. The molecule has 31 heavy (non-hydrogen) atoms. The Morgan fingerprint density at radius 2 is 1.81 bits per heavy atom. The van der Waals surface area contributed by atoms with Crippen LogP contribution in [0.2, 0.25) is 0 Å². The molecule has 0 bridgehead atoms. The molecule has 1 N–H and O–H groups in total. The summed E-state index contributed by atoms with van der Waals surface area (Å²) < 4.78 is 16.9. The third-order valence-corrected chi connectivity index (χ3v) is 5.25. The first-order valence-electron chi connectivity index (χ1n) is 10.8. The zero-order chi connectivity index (χ0) is 22.5. The van der Waals surface area contributed by atoms with E-state index in [2.05, 4.69) is 18.8 Å². The molecule has 0 aromatic heterocycles. The van der Waals surface area contributed by atoms with Crippen molar-refractivity contribution in [2.75, 3.05) is 20.8 Å². The zero-order valence-electron chi connectivity index (χ0n) is 18.9. The maximum absolute atomic E-state index is 12.8. The van der Waals surface area contributed by atoms with Gasteiger partial charge >= 0.3 is 5.97 Å². The number of nitrogens with one attached hydrogen (secondary N) is 1. The van der Waals surface area contributed by atoms with Crippen LogP contribution in [0.3, 0.4) is 0 Å². The molecular weight excluding hydrogens is 390 g/mol. The lowest BCUT2D eigenvalue weighted by atomic mass is 10.0. The highest BCUT2D eigenvalue weighted by Gasteiger charge is 2.23. The Morgan fingerprint density at radius 1 is 1.10 bits per heavy atom. The Balaban J connectivity index is 1.87. The second kappa shape index (κ2) is 13.6. The van der Waals surface area contributed by atoms with Crippen molar-refractivity contribution < 1.29 is 19.0 Å². The van der Waals surface area contributed by atoms with E-state index >= 15 is 0 Å². The van der Waals surface area contributed by atoms with Crippen LogP contribution in [-0.2, 0) is 27.3 Å². The molecule has 0 saturated heterocycles. The normalized spacial score (nSPS) is 13.8. The van der Waals surface area contributed by atoms with Gasteiger partial charge in [-0.25, -0.2) is 0 Å². The molecule has 0 fully saturated rings. The van der Waals surface area contributed by atoms with Crippen LogP contribution in [0, 0.1) is 5.92 Å². The summed E-state index contributed by atoms with van der Waals surface area (Å²) in [6.45, 7) is 6.95. The monoisotopic (exact) mass is 425 g/mol. The van der Waals surface area contributed by atoms with Crippen LogP contribution in [0.25, 0.3) is 0 Å². The fraction of sp³-hybridized carbons (Fsp3) is 0.423. The third kappa shape index (κ3) is 8.95. The second-order valence-corrected chi connectivity index (χ2v) is 7.73. The van der Waals surface area contributed by atoms with E-state index in [1.54, 1.807) is 14.2 Å². The van der Waals surface area contributed by atoms with E-state index in [1.807, 2.05) is 60.7 Å². The highest BCUT2D eigenvalue weighted by Crippen LogP contribution is 2.16. The van der Waals surface area contributed by atoms with Crippen molar-refractivity contribution in [3.63, 3.8) is 0 Å². The second-order valence-electron chi connectivity index (χ2n) is 7.73. The van der Waals surface area contributed by atoms with Crippen molar-refractivity contribution in [2.45, 2.75) is 44.9 Å². The molecule has 0 aliphatic rings. The van der Waals surface area contributed by atoms with Crippen LogP contribution >= 0.6 is 0 Å². The number of allylic oxidation sites excluding steroid dienone is 1. The molecule has 5 heteroatoms. The number of esters is 1. The predicted molar refractivity (Wildman–Crippen MR) is 124 cm³/mol. The highest BCUT2D eigenvalue weighted by atomic mass is 16.5. The third-order valence-electron chi connectivity index (χ3n) is 5.25. The topological polar surface area (TPSA) is 56.8 Å². The molecule has 2 rings (SSSR count). The number of hydrogen-bond donors (Lipinski definition) is 1. The van der Waals surface area contributed by atoms with Crippen LogP contribution in [0.1, 0.15) is 30.9 Å². The first-order chi connectivity index (χ1) is 15.0. The molecule has 168 valence electrons. The molecule has 0 aliphatic carbocycles. The minimum absolute atomic E-state index is 0.219. The summed E-state index contributed by atoms with van der Waals surface area (Å²) in [6.07, 6.45) is 3.62. The predicted octanol–water partition coefficient (Wildman–Crippen LogP) is 4.56. The average Bonchev–Trinajstić information content (AvgIpc) is 2.81. The Hall–Kier alpha value is -2.63. The number of carbonyl (C=O) groups excluding carboxylic acids is 1. The highest BCUT2D eigenvalue weighted by molar-refractivity contribution is 5.76. The molecule has 3 atom stereocenters. The van der Waals surface area contributed by atoms with Gasteiger partial charge in [0.2, 0.25) is 0 Å². The van der Waals surface area contributed by atoms with Crippen LogP contribution in [-0.4, -0.2) is 38.9 Å². The van der Waals surface area contributed by atoms with Crippen LogP contribution in [0.15, 0.2) is 67.3 Å². The number of methoxy groups -OCH3 is 1. The molecule has 0 radical (unpaired) electrons. The van der Waals surface area contributed by atoms with E-state index in [4.69, 9.17) is 14.2 Å². The molecule has 0 unspecified atom stereocenters. The number of benzene rings is 2. The molecular formula is C26H35NO4. The fourth-order valence-electron chi connectivity index (χ4n) is 3.26. The Labute approximate surface area is 186 Å². The molecule has 0 aliphatic heterocycles. The van der Waals surface area contributed by atoms with E-state index in [-0.39, 0.29) is 24.0 Å². The van der Waals surface area contributed by atoms with Crippen molar-refractivity contribution in [3.8, 4) is 5.75 Å². The van der Waals surface area contributed by atoms with E-state index in [9.17, 15) is 4.79 Å². The fourth-order valence-corrected chi connectivity index (χ4v) is 3.26. The lowest BCUT2D eigenvalue weighted by Crippen LogP contribution is -2.39. The molecule has 2 aromatic rings. The smallest absolute Gasteiger partial charge is 0.323 e. The maximum Gasteiger partial charge on any atom is 0.323 e. The first kappa shape index (κ1) is 24.6. The van der Waals surface area contributed by atoms with Crippen molar-refractivity contribution in [1.82, 2.24) is 5.32 Å². The van der Waals surface area contributed by atoms with Crippen LogP contribution in [0.5, 0.6) is 5.75 Å². The molecule has 2 aromatic carbocycles. The van der Waals surface area contributed by atoms with Gasteiger partial charge < -0.3 is 19.5 Å². The summed E-state index contributed by atoms with van der Waals surface area (Å²) >= 11 is 0. The summed E-state index contributed by atoms with van der Waals surface area (Å²) in [5.41, 5.74) is 2.17. The zero-order valence-corrected chi connectivity index (χ0v) is 18.9. The van der Waals surface area contributed by atoms with Gasteiger partial charge in [0.05, 0.1) is 20.3 Å². The number of likely N-dealkylation sites (N-methyl/N-ethyl adjacent to an activating group) is 1. The standard InChI is InChI=1S/C26H35NO4/c1-5-20(2)17-24(15-16-30-19-22-11-13-23(29-4)14-12-22)31-26(28)25(27-3)18-21-9-7-6-8-10-21/h5-14,20,24-25,27H,1,15-19H2,2-4H3/t20-,24+,25+/m1/s1. The summed E-state index contributed by atoms with van der Waals surface area (Å²) in [5, 5.41) is 3.08. The lowest BCUT2D eigenvalue weighted by Gasteiger charge is -2.23. The van der Waals surface area contributed by atoms with E-state index < -0.39 is 0 Å². The van der Waals surface area contributed by atoms with Gasteiger partial charge in [-0.15, -0.1) is 6.58 Å². The first-order valence-corrected chi connectivity index (χ1v) is 10.8. The number of hydrogen-bond acceptors (Lipinski definition) is 5. The van der Waals surface area contributed by atoms with Crippen molar-refractivity contribution in [1.29, 1.82) is 0 Å². The van der Waals surface area contributed by atoms with Crippen molar-refractivity contribution in [3.05, 3.63) is 78.4 Å². The van der Waals surface area contributed by atoms with Gasteiger partial charge in [-0.2, -0.15) is 0 Å². The SMILES string of the molecule is C=C[C@@H](C)C[C@H](CCOCc1ccc(OC)cc1)OC(=O)[C@H](Cc1ccccc1)NC. The maximum atomic E-state index is 12.8. The van der Waals surface area contributed by atoms with Gasteiger partial charge in [0.1, 0.15) is 17.9 Å². The van der Waals surface area contributed by atoms with Gasteiger partial charge in [0.15, 0.2) is 0 Å². The van der Waals surface area contributed by atoms with Crippen LogP contribution in [0.4, 0.5) is 0 Å². The molecule has 0 amide bonds. The van der Waals surface area contributed by atoms with Crippen molar-refractivity contribution >= 4 is 5.97 Å². The number of rotatable bonds is 14. The Kier molecular flexibility index (Phi) is 10.8.